The van der Waals surface area contributed by atoms with E-state index in [4.69, 9.17) is 4.74 Å². The Bertz CT molecular complexity index is 884. The Hall–Kier alpha value is -1.89. The number of fused-ring (bicyclic) bond motifs is 4. The van der Waals surface area contributed by atoms with Gasteiger partial charge in [0.1, 0.15) is 5.60 Å². The van der Waals surface area contributed by atoms with Gasteiger partial charge in [0, 0.05) is 37.1 Å². The summed E-state index contributed by atoms with van der Waals surface area (Å²) >= 11 is 0. The summed E-state index contributed by atoms with van der Waals surface area (Å²) < 4.78 is 6.38. The third kappa shape index (κ3) is 3.58. The zero-order valence-corrected chi connectivity index (χ0v) is 17.5. The van der Waals surface area contributed by atoms with Gasteiger partial charge in [0.05, 0.1) is 18.8 Å². The van der Waals surface area contributed by atoms with Crippen molar-refractivity contribution in [1.29, 1.82) is 0 Å². The smallest absolute Gasteiger partial charge is 0.236 e. The summed E-state index contributed by atoms with van der Waals surface area (Å²) in [4.78, 5) is 23.3. The van der Waals surface area contributed by atoms with E-state index in [2.05, 4.69) is 51.0 Å². The van der Waals surface area contributed by atoms with E-state index in [9.17, 15) is 4.79 Å². The molecule has 1 N–H and O–H groups in total. The van der Waals surface area contributed by atoms with Crippen LogP contribution < -0.4 is 0 Å². The van der Waals surface area contributed by atoms with Crippen molar-refractivity contribution in [3.05, 3.63) is 35.5 Å². The highest BCUT2D eigenvalue weighted by atomic mass is 16.5. The van der Waals surface area contributed by atoms with Gasteiger partial charge in [-0.25, -0.2) is 0 Å². The zero-order valence-electron chi connectivity index (χ0n) is 17.5. The highest BCUT2D eigenvalue weighted by molar-refractivity contribution is 5.85. The van der Waals surface area contributed by atoms with E-state index in [0.29, 0.717) is 6.54 Å². The van der Waals surface area contributed by atoms with Gasteiger partial charge in [-0.05, 0) is 57.5 Å². The molecule has 2 fully saturated rings. The van der Waals surface area contributed by atoms with Gasteiger partial charge in [-0.15, -0.1) is 0 Å². The molecule has 0 aliphatic carbocycles. The minimum atomic E-state index is -0.255. The lowest BCUT2D eigenvalue weighted by Gasteiger charge is -2.44. The molecule has 6 heteroatoms. The Labute approximate surface area is 172 Å². The first kappa shape index (κ1) is 19.1. The van der Waals surface area contributed by atoms with Crippen LogP contribution in [0.5, 0.6) is 0 Å². The van der Waals surface area contributed by atoms with Gasteiger partial charge in [0.15, 0.2) is 0 Å². The number of nitrogens with zero attached hydrogens (tertiary/aromatic N) is 3. The Morgan fingerprint density at radius 2 is 1.93 bits per heavy atom. The Kier molecular flexibility index (Phi) is 5.10. The molecule has 0 unspecified atom stereocenters. The van der Waals surface area contributed by atoms with E-state index in [-0.39, 0.29) is 11.5 Å². The fourth-order valence-corrected chi connectivity index (χ4v) is 5.33. The number of nitrogens with one attached hydrogen (secondary N) is 1. The van der Waals surface area contributed by atoms with Gasteiger partial charge in [-0.3, -0.25) is 9.69 Å². The molecule has 0 atom stereocenters. The van der Waals surface area contributed by atoms with Crippen molar-refractivity contribution in [3.8, 4) is 0 Å². The summed E-state index contributed by atoms with van der Waals surface area (Å²) in [7, 11) is 2.16. The first-order valence-electron chi connectivity index (χ1n) is 11.1. The van der Waals surface area contributed by atoms with Gasteiger partial charge in [-0.1, -0.05) is 18.2 Å². The van der Waals surface area contributed by atoms with E-state index < -0.39 is 0 Å². The zero-order chi connectivity index (χ0) is 19.8. The van der Waals surface area contributed by atoms with Gasteiger partial charge in [-0.2, -0.15) is 0 Å². The summed E-state index contributed by atoms with van der Waals surface area (Å²) in [5.41, 5.74) is 3.62. The molecule has 1 amide bonds. The van der Waals surface area contributed by atoms with Crippen molar-refractivity contribution in [2.75, 3.05) is 59.5 Å². The van der Waals surface area contributed by atoms with Crippen molar-refractivity contribution < 1.29 is 9.53 Å². The summed E-state index contributed by atoms with van der Waals surface area (Å²) in [6.07, 6.45) is 3.86. The van der Waals surface area contributed by atoms with Crippen LogP contribution in [-0.4, -0.2) is 85.1 Å². The molecule has 1 aromatic heterocycles. The third-order valence-electron chi connectivity index (χ3n) is 7.09. The monoisotopic (exact) mass is 396 g/mol. The topological polar surface area (TPSA) is 51.8 Å². The molecule has 5 rings (SSSR count). The van der Waals surface area contributed by atoms with E-state index in [1.54, 1.807) is 0 Å². The number of rotatable bonds is 2. The maximum Gasteiger partial charge on any atom is 0.236 e. The number of piperidine rings is 1. The number of benzene rings is 1. The molecule has 29 heavy (non-hydrogen) atoms. The van der Waals surface area contributed by atoms with Crippen LogP contribution in [0, 0.1) is 0 Å². The predicted octanol–water partition coefficient (Wildman–Crippen LogP) is 2.20. The van der Waals surface area contributed by atoms with Crippen LogP contribution in [0.1, 0.15) is 30.5 Å². The van der Waals surface area contributed by atoms with Gasteiger partial charge < -0.3 is 19.5 Å². The highest BCUT2D eigenvalue weighted by Gasteiger charge is 2.43. The standard InChI is InChI=1S/C23H32N4O2/c1-25-10-4-11-26(15-14-25)17-21(28)27-12-8-23(9-13-27)22-19(7-16-29-23)18-5-2-3-6-20(18)24-22/h2-3,5-6,24H,4,7-17H2,1H3. The maximum atomic E-state index is 12.9. The molecule has 3 aliphatic heterocycles. The SMILES string of the molecule is CN1CCCN(CC(=O)N2CCC3(CC2)OCCc2c3[nH]c3ccccc23)CC1. The summed E-state index contributed by atoms with van der Waals surface area (Å²) in [6.45, 7) is 7.07. The minimum absolute atomic E-state index is 0.255. The van der Waals surface area contributed by atoms with Gasteiger partial charge in [0.25, 0.3) is 0 Å². The second-order valence-electron chi connectivity index (χ2n) is 8.93. The lowest BCUT2D eigenvalue weighted by molar-refractivity contribution is -0.142. The molecular formula is C23H32N4O2. The van der Waals surface area contributed by atoms with Gasteiger partial charge in [0.2, 0.25) is 5.91 Å². The Morgan fingerprint density at radius 1 is 1.10 bits per heavy atom. The van der Waals surface area contributed by atoms with E-state index in [1.807, 2.05) is 0 Å². The number of aromatic nitrogens is 1. The largest absolute Gasteiger partial charge is 0.368 e. The lowest BCUT2D eigenvalue weighted by Crippen LogP contribution is -2.50. The molecule has 0 saturated carbocycles. The molecule has 4 heterocycles. The second-order valence-corrected chi connectivity index (χ2v) is 8.93. The van der Waals surface area contributed by atoms with Crippen molar-refractivity contribution in [3.63, 3.8) is 0 Å². The van der Waals surface area contributed by atoms with Crippen LogP contribution in [0.4, 0.5) is 0 Å². The third-order valence-corrected chi connectivity index (χ3v) is 7.09. The van der Waals surface area contributed by atoms with Crippen molar-refractivity contribution in [2.24, 2.45) is 0 Å². The van der Waals surface area contributed by atoms with E-state index in [1.165, 1.54) is 22.2 Å². The van der Waals surface area contributed by atoms with Crippen LogP contribution in [0.2, 0.25) is 0 Å². The number of likely N-dealkylation sites (N-methyl/N-ethyl adjacent to an activating group) is 1. The van der Waals surface area contributed by atoms with Crippen LogP contribution in [0.15, 0.2) is 24.3 Å². The number of para-hydroxylation sites is 1. The molecule has 0 bridgehead atoms. The first-order valence-corrected chi connectivity index (χ1v) is 11.1. The van der Waals surface area contributed by atoms with Crippen molar-refractivity contribution in [2.45, 2.75) is 31.3 Å². The molecule has 2 aromatic rings. The molecule has 2 saturated heterocycles. The number of carbonyl (C=O) groups is 1. The molecule has 156 valence electrons. The lowest BCUT2D eigenvalue weighted by atomic mass is 9.83. The highest BCUT2D eigenvalue weighted by Crippen LogP contribution is 2.43. The average molecular weight is 397 g/mol. The number of amides is 1. The van der Waals surface area contributed by atoms with Crippen LogP contribution in [0.25, 0.3) is 10.9 Å². The van der Waals surface area contributed by atoms with E-state index >= 15 is 0 Å². The fraction of sp³-hybridized carbons (Fsp3) is 0.609. The van der Waals surface area contributed by atoms with E-state index in [0.717, 1.165) is 71.6 Å². The van der Waals surface area contributed by atoms with Crippen LogP contribution >= 0.6 is 0 Å². The number of H-pyrrole nitrogens is 1. The normalized spacial score (nSPS) is 23.3. The fourth-order valence-electron chi connectivity index (χ4n) is 5.33. The second kappa shape index (κ2) is 7.74. The van der Waals surface area contributed by atoms with Crippen molar-refractivity contribution >= 4 is 16.8 Å². The summed E-state index contributed by atoms with van der Waals surface area (Å²) in [5.74, 6) is 0.275. The molecule has 6 nitrogen and oxygen atoms in total. The molecule has 0 radical (unpaired) electrons. The van der Waals surface area contributed by atoms with Crippen LogP contribution in [0.3, 0.4) is 0 Å². The quantitative estimate of drug-likeness (QED) is 0.846. The average Bonchev–Trinajstić information content (AvgIpc) is 3.01. The number of hydrogen-bond donors (Lipinski definition) is 1. The molecular weight excluding hydrogens is 364 g/mol. The molecule has 1 spiro atoms. The van der Waals surface area contributed by atoms with Gasteiger partial charge >= 0.3 is 0 Å². The predicted molar refractivity (Wildman–Crippen MR) is 114 cm³/mol. The number of aromatic amines is 1. The number of likely N-dealkylation sites (tertiary alicyclic amines) is 1. The first-order chi connectivity index (χ1) is 14.1. The molecule has 3 aliphatic rings. The number of ether oxygens (including phenoxy) is 1. The summed E-state index contributed by atoms with van der Waals surface area (Å²) in [6, 6.07) is 8.56. The van der Waals surface area contributed by atoms with Crippen molar-refractivity contribution in [1.82, 2.24) is 19.7 Å². The number of carbonyl (C=O) groups excluding carboxylic acids is 1. The summed E-state index contributed by atoms with van der Waals surface area (Å²) in [5, 5.41) is 1.33. The number of hydrogen-bond acceptors (Lipinski definition) is 4. The minimum Gasteiger partial charge on any atom is -0.368 e. The maximum absolute atomic E-state index is 12.9. The Morgan fingerprint density at radius 3 is 2.79 bits per heavy atom. The Balaban J connectivity index is 1.27. The van der Waals surface area contributed by atoms with Crippen LogP contribution in [-0.2, 0) is 21.6 Å². The molecule has 1 aromatic carbocycles.